The van der Waals surface area contributed by atoms with Gasteiger partial charge in [0.2, 0.25) is 0 Å². The summed E-state index contributed by atoms with van der Waals surface area (Å²) in [7, 11) is 0. The molecule has 0 spiro atoms. The van der Waals surface area contributed by atoms with Gasteiger partial charge in [-0.2, -0.15) is 0 Å². The quantitative estimate of drug-likeness (QED) is 0.845. The number of nitrogens with two attached hydrogens (primary N) is 1. The van der Waals surface area contributed by atoms with Gasteiger partial charge >= 0.3 is 0 Å². The lowest BCUT2D eigenvalue weighted by molar-refractivity contribution is 0.210. The van der Waals surface area contributed by atoms with Crippen LogP contribution in [0.2, 0.25) is 0 Å². The molecule has 2 heteroatoms. The Labute approximate surface area is 104 Å². The molecule has 1 saturated carbocycles. The van der Waals surface area contributed by atoms with E-state index in [4.69, 9.17) is 10.5 Å². The molecule has 0 aromatic heterocycles. The second-order valence-corrected chi connectivity index (χ2v) is 5.07. The largest absolute Gasteiger partial charge is 0.490 e. The number of benzene rings is 1. The van der Waals surface area contributed by atoms with Crippen molar-refractivity contribution in [1.29, 1.82) is 0 Å². The molecule has 0 saturated heterocycles. The second-order valence-electron chi connectivity index (χ2n) is 5.07. The predicted octanol–water partition coefficient (Wildman–Crippen LogP) is 3.46. The molecule has 0 heterocycles. The van der Waals surface area contributed by atoms with Gasteiger partial charge in [0.25, 0.3) is 0 Å². The Bertz CT molecular complexity index is 327. The van der Waals surface area contributed by atoms with Crippen LogP contribution in [-0.4, -0.2) is 12.6 Å². The van der Waals surface area contributed by atoms with Crippen molar-refractivity contribution >= 4 is 0 Å². The highest BCUT2D eigenvalue weighted by atomic mass is 16.5. The predicted molar refractivity (Wildman–Crippen MR) is 71.4 cm³/mol. The van der Waals surface area contributed by atoms with Crippen molar-refractivity contribution in [3.8, 4) is 5.75 Å². The Hall–Kier alpha value is -1.02. The van der Waals surface area contributed by atoms with E-state index >= 15 is 0 Å². The van der Waals surface area contributed by atoms with E-state index in [0.29, 0.717) is 12.0 Å². The first-order valence-electron chi connectivity index (χ1n) is 6.76. The first kappa shape index (κ1) is 12.4. The maximum Gasteiger partial charge on any atom is 0.119 e. The zero-order valence-corrected chi connectivity index (χ0v) is 10.7. The van der Waals surface area contributed by atoms with Crippen LogP contribution in [0.4, 0.5) is 0 Å². The van der Waals surface area contributed by atoms with Crippen LogP contribution in [0.3, 0.4) is 0 Å². The molecule has 1 aliphatic rings. The number of hydrogen-bond donors (Lipinski definition) is 1. The van der Waals surface area contributed by atoms with E-state index in [1.807, 2.05) is 0 Å². The fraction of sp³-hybridized carbons (Fsp3) is 0.600. The minimum atomic E-state index is 0.447. The summed E-state index contributed by atoms with van der Waals surface area (Å²) in [5.74, 6) is 1.56. The Morgan fingerprint density at radius 3 is 2.47 bits per heavy atom. The highest BCUT2D eigenvalue weighted by Gasteiger charge is 2.16. The first-order valence-corrected chi connectivity index (χ1v) is 6.76. The van der Waals surface area contributed by atoms with Crippen molar-refractivity contribution in [1.82, 2.24) is 0 Å². The molecule has 1 fully saturated rings. The van der Waals surface area contributed by atoms with Gasteiger partial charge in [-0.1, -0.05) is 19.1 Å². The zero-order valence-electron chi connectivity index (χ0n) is 10.7. The van der Waals surface area contributed by atoms with E-state index in [9.17, 15) is 0 Å². The molecule has 1 aromatic rings. The van der Waals surface area contributed by atoms with E-state index in [0.717, 1.165) is 18.7 Å². The van der Waals surface area contributed by atoms with Gasteiger partial charge in [0, 0.05) is 0 Å². The molecule has 0 radical (unpaired) electrons. The number of ether oxygens (including phenoxy) is 1. The summed E-state index contributed by atoms with van der Waals surface area (Å²) in [6, 6.07) is 8.54. The van der Waals surface area contributed by atoms with Crippen LogP contribution in [0, 0.1) is 0 Å². The summed E-state index contributed by atoms with van der Waals surface area (Å²) >= 11 is 0. The van der Waals surface area contributed by atoms with Crippen LogP contribution in [0.15, 0.2) is 24.3 Å². The Balaban J connectivity index is 1.92. The lowest BCUT2D eigenvalue weighted by Gasteiger charge is -2.15. The first-order chi connectivity index (χ1) is 8.29. The molecule has 1 aliphatic carbocycles. The lowest BCUT2D eigenvalue weighted by atomic mass is 9.98. The minimum Gasteiger partial charge on any atom is -0.490 e. The molecular weight excluding hydrogens is 210 g/mol. The normalized spacial score (nSPS) is 18.2. The molecule has 0 bridgehead atoms. The van der Waals surface area contributed by atoms with E-state index in [-0.39, 0.29) is 0 Å². The minimum absolute atomic E-state index is 0.447. The molecule has 2 rings (SSSR count). The van der Waals surface area contributed by atoms with Crippen molar-refractivity contribution in [2.45, 2.75) is 51.0 Å². The van der Waals surface area contributed by atoms with Gasteiger partial charge < -0.3 is 10.5 Å². The van der Waals surface area contributed by atoms with Crippen molar-refractivity contribution in [3.05, 3.63) is 29.8 Å². The summed E-state index contributed by atoms with van der Waals surface area (Å²) < 4.78 is 5.95. The average Bonchev–Trinajstić information content (AvgIpc) is 2.83. The van der Waals surface area contributed by atoms with Crippen LogP contribution in [-0.2, 0) is 0 Å². The SMILES string of the molecule is CC(CCN)c1ccc(OC2CCCC2)cc1. The molecule has 17 heavy (non-hydrogen) atoms. The van der Waals surface area contributed by atoms with Crippen molar-refractivity contribution < 1.29 is 4.74 Å². The van der Waals surface area contributed by atoms with Crippen LogP contribution < -0.4 is 10.5 Å². The van der Waals surface area contributed by atoms with Crippen LogP contribution in [0.1, 0.15) is 50.5 Å². The number of rotatable bonds is 5. The number of hydrogen-bond acceptors (Lipinski definition) is 2. The molecular formula is C15H23NO. The maximum atomic E-state index is 5.95. The Morgan fingerprint density at radius 2 is 1.88 bits per heavy atom. The molecule has 2 nitrogen and oxygen atoms in total. The van der Waals surface area contributed by atoms with Gasteiger partial charge in [0.05, 0.1) is 6.10 Å². The third-order valence-corrected chi connectivity index (χ3v) is 3.65. The van der Waals surface area contributed by atoms with Crippen LogP contribution in [0.25, 0.3) is 0 Å². The topological polar surface area (TPSA) is 35.2 Å². The fourth-order valence-electron chi connectivity index (χ4n) is 2.49. The summed E-state index contributed by atoms with van der Waals surface area (Å²) in [6.45, 7) is 2.97. The highest BCUT2D eigenvalue weighted by molar-refractivity contribution is 5.29. The maximum absolute atomic E-state index is 5.95. The summed E-state index contributed by atoms with van der Waals surface area (Å²) in [5.41, 5.74) is 6.94. The van der Waals surface area contributed by atoms with Crippen molar-refractivity contribution in [2.75, 3.05) is 6.54 Å². The second kappa shape index (κ2) is 6.06. The molecule has 2 N–H and O–H groups in total. The van der Waals surface area contributed by atoms with E-state index in [2.05, 4.69) is 31.2 Å². The average molecular weight is 233 g/mol. The van der Waals surface area contributed by atoms with Crippen LogP contribution >= 0.6 is 0 Å². The van der Waals surface area contributed by atoms with E-state index in [1.54, 1.807) is 0 Å². The van der Waals surface area contributed by atoms with E-state index in [1.165, 1.54) is 31.2 Å². The van der Waals surface area contributed by atoms with Gasteiger partial charge in [-0.25, -0.2) is 0 Å². The van der Waals surface area contributed by atoms with Crippen LogP contribution in [0.5, 0.6) is 5.75 Å². The summed E-state index contributed by atoms with van der Waals surface area (Å²) in [5, 5.41) is 0. The third-order valence-electron chi connectivity index (χ3n) is 3.65. The molecule has 0 aliphatic heterocycles. The molecule has 1 unspecified atom stereocenters. The molecule has 0 amide bonds. The highest BCUT2D eigenvalue weighted by Crippen LogP contribution is 2.26. The molecule has 1 atom stereocenters. The van der Waals surface area contributed by atoms with Crippen molar-refractivity contribution in [3.63, 3.8) is 0 Å². The fourth-order valence-corrected chi connectivity index (χ4v) is 2.49. The standard InChI is InChI=1S/C15H23NO/c1-12(10-11-16)13-6-8-15(9-7-13)17-14-4-2-3-5-14/h6-9,12,14H,2-5,10-11,16H2,1H3. The Kier molecular flexibility index (Phi) is 4.43. The van der Waals surface area contributed by atoms with Gasteiger partial charge in [-0.3, -0.25) is 0 Å². The summed E-state index contributed by atoms with van der Waals surface area (Å²) in [4.78, 5) is 0. The van der Waals surface area contributed by atoms with Gasteiger partial charge in [-0.05, 0) is 62.3 Å². The lowest BCUT2D eigenvalue weighted by Crippen LogP contribution is -2.10. The van der Waals surface area contributed by atoms with Gasteiger partial charge in [-0.15, -0.1) is 0 Å². The van der Waals surface area contributed by atoms with Crippen molar-refractivity contribution in [2.24, 2.45) is 5.73 Å². The third kappa shape index (κ3) is 3.47. The smallest absolute Gasteiger partial charge is 0.119 e. The van der Waals surface area contributed by atoms with Gasteiger partial charge in [0.15, 0.2) is 0 Å². The molecule has 1 aromatic carbocycles. The Morgan fingerprint density at radius 1 is 1.24 bits per heavy atom. The van der Waals surface area contributed by atoms with Gasteiger partial charge in [0.1, 0.15) is 5.75 Å². The summed E-state index contributed by atoms with van der Waals surface area (Å²) in [6.07, 6.45) is 6.55. The molecule has 94 valence electrons. The monoisotopic (exact) mass is 233 g/mol. The van der Waals surface area contributed by atoms with E-state index < -0.39 is 0 Å². The zero-order chi connectivity index (χ0) is 12.1.